The number of fused-ring (bicyclic) bond motifs is 1. The first kappa shape index (κ1) is 11.4. The van der Waals surface area contributed by atoms with E-state index in [9.17, 15) is 8.42 Å². The molecule has 1 saturated heterocycles. The average Bonchev–Trinajstić information content (AvgIpc) is 2.77. The molecule has 1 aromatic rings. The maximum Gasteiger partial charge on any atom is 0.244 e. The lowest BCUT2D eigenvalue weighted by Crippen LogP contribution is -2.31. The number of piperidine rings is 1. The molecule has 1 saturated carbocycles. The summed E-state index contributed by atoms with van der Waals surface area (Å²) in [5.41, 5.74) is 0.215. The van der Waals surface area contributed by atoms with Gasteiger partial charge in [0.2, 0.25) is 10.0 Å². The molecule has 4 nitrogen and oxygen atoms in total. The molecule has 2 atom stereocenters. The molecule has 0 aromatic carbocycles. The van der Waals surface area contributed by atoms with E-state index in [4.69, 9.17) is 11.6 Å². The highest BCUT2D eigenvalue weighted by Gasteiger charge is 2.58. The summed E-state index contributed by atoms with van der Waals surface area (Å²) in [5.74, 6) is 0.539. The van der Waals surface area contributed by atoms with E-state index in [1.165, 1.54) is 18.3 Å². The van der Waals surface area contributed by atoms with Gasteiger partial charge in [-0.2, -0.15) is 4.31 Å². The van der Waals surface area contributed by atoms with E-state index in [2.05, 4.69) is 11.9 Å². The van der Waals surface area contributed by atoms with E-state index < -0.39 is 10.0 Å². The fraction of sp³-hybridized carbons (Fsp3) is 0.545. The molecule has 6 heteroatoms. The summed E-state index contributed by atoms with van der Waals surface area (Å²) in [4.78, 5) is 4.05. The third kappa shape index (κ3) is 1.77. The van der Waals surface area contributed by atoms with E-state index >= 15 is 0 Å². The van der Waals surface area contributed by atoms with E-state index in [1.807, 2.05) is 0 Å². The van der Waals surface area contributed by atoms with Crippen LogP contribution in [-0.2, 0) is 10.0 Å². The molecule has 0 unspecified atom stereocenters. The van der Waals surface area contributed by atoms with Gasteiger partial charge in [-0.15, -0.1) is 0 Å². The highest BCUT2D eigenvalue weighted by Crippen LogP contribution is 2.58. The van der Waals surface area contributed by atoms with Crippen molar-refractivity contribution >= 4 is 21.6 Å². The molecule has 0 bridgehead atoms. The molecule has 0 amide bonds. The first-order valence-corrected chi connectivity index (χ1v) is 7.35. The monoisotopic (exact) mass is 272 g/mol. The smallest absolute Gasteiger partial charge is 0.243 e. The van der Waals surface area contributed by atoms with Crippen LogP contribution < -0.4 is 0 Å². The van der Waals surface area contributed by atoms with Crippen LogP contribution in [0.1, 0.15) is 13.3 Å². The first-order chi connectivity index (χ1) is 7.92. The van der Waals surface area contributed by atoms with Crippen molar-refractivity contribution in [3.05, 3.63) is 23.5 Å². The Morgan fingerprint density at radius 3 is 2.82 bits per heavy atom. The van der Waals surface area contributed by atoms with Gasteiger partial charge in [-0.3, -0.25) is 0 Å². The molecule has 0 spiro atoms. The van der Waals surface area contributed by atoms with Crippen molar-refractivity contribution in [3.8, 4) is 0 Å². The van der Waals surface area contributed by atoms with Gasteiger partial charge in [-0.25, -0.2) is 13.4 Å². The van der Waals surface area contributed by atoms with E-state index in [0.29, 0.717) is 24.2 Å². The SMILES string of the molecule is C[C@@]12C[C@@H]1CN(S(=O)(=O)c1ccc(Cl)nc1)C2. The lowest BCUT2D eigenvalue weighted by Gasteiger charge is -2.18. The summed E-state index contributed by atoms with van der Waals surface area (Å²) in [6, 6.07) is 3.02. The van der Waals surface area contributed by atoms with Crippen LogP contribution >= 0.6 is 11.6 Å². The van der Waals surface area contributed by atoms with Crippen molar-refractivity contribution < 1.29 is 8.42 Å². The maximum absolute atomic E-state index is 12.3. The Labute approximate surface area is 106 Å². The Morgan fingerprint density at radius 1 is 1.53 bits per heavy atom. The summed E-state index contributed by atoms with van der Waals surface area (Å²) in [7, 11) is -3.38. The fourth-order valence-electron chi connectivity index (χ4n) is 2.54. The molecular weight excluding hydrogens is 260 g/mol. The summed E-state index contributed by atoms with van der Waals surface area (Å²) in [5, 5.41) is 0.306. The summed E-state index contributed by atoms with van der Waals surface area (Å²) in [6.45, 7) is 3.41. The number of hydrogen-bond donors (Lipinski definition) is 0. The number of pyridine rings is 1. The molecule has 1 aliphatic carbocycles. The molecule has 1 aliphatic heterocycles. The zero-order valence-electron chi connectivity index (χ0n) is 9.43. The zero-order valence-corrected chi connectivity index (χ0v) is 11.0. The minimum Gasteiger partial charge on any atom is -0.243 e. The van der Waals surface area contributed by atoms with Crippen molar-refractivity contribution in [3.63, 3.8) is 0 Å². The summed E-state index contributed by atoms with van der Waals surface area (Å²) in [6.07, 6.45) is 2.47. The third-order valence-corrected chi connectivity index (χ3v) is 5.86. The van der Waals surface area contributed by atoms with Gasteiger partial charge < -0.3 is 0 Å². The van der Waals surface area contributed by atoms with Crippen LogP contribution in [-0.4, -0.2) is 30.8 Å². The second kappa shape index (κ2) is 3.43. The molecule has 0 radical (unpaired) electrons. The Kier molecular flexibility index (Phi) is 2.31. The van der Waals surface area contributed by atoms with Crippen LogP contribution in [0.2, 0.25) is 5.15 Å². The third-order valence-electron chi connectivity index (χ3n) is 3.84. The molecular formula is C11H13ClN2O2S. The largest absolute Gasteiger partial charge is 0.244 e. The maximum atomic E-state index is 12.3. The zero-order chi connectivity index (χ0) is 12.3. The van der Waals surface area contributed by atoms with Crippen LogP contribution in [0.15, 0.2) is 23.2 Å². The molecule has 1 aromatic heterocycles. The molecule has 3 rings (SSSR count). The van der Waals surface area contributed by atoms with Crippen LogP contribution in [0.5, 0.6) is 0 Å². The first-order valence-electron chi connectivity index (χ1n) is 5.53. The van der Waals surface area contributed by atoms with Gasteiger partial charge in [0.1, 0.15) is 10.0 Å². The standard InChI is InChI=1S/C11H13ClN2O2S/c1-11-4-8(11)6-14(7-11)17(15,16)9-2-3-10(12)13-5-9/h2-3,5,8H,4,6-7H2,1H3/t8-,11+/m1/s1. The van der Waals surface area contributed by atoms with Crippen LogP contribution in [0, 0.1) is 11.3 Å². The molecule has 2 aliphatic rings. The average molecular weight is 273 g/mol. The number of hydrogen-bond acceptors (Lipinski definition) is 3. The van der Waals surface area contributed by atoms with Crippen LogP contribution in [0.25, 0.3) is 0 Å². The van der Waals surface area contributed by atoms with Gasteiger partial charge in [0.15, 0.2) is 0 Å². The number of rotatable bonds is 2. The highest BCUT2D eigenvalue weighted by atomic mass is 35.5. The second-order valence-corrected chi connectivity index (χ2v) is 7.49. The highest BCUT2D eigenvalue weighted by molar-refractivity contribution is 7.89. The Hall–Kier alpha value is -0.650. The van der Waals surface area contributed by atoms with Crippen molar-refractivity contribution in [1.29, 1.82) is 0 Å². The lowest BCUT2D eigenvalue weighted by molar-refractivity contribution is 0.414. The van der Waals surface area contributed by atoms with Gasteiger partial charge in [0.25, 0.3) is 0 Å². The van der Waals surface area contributed by atoms with Gasteiger partial charge >= 0.3 is 0 Å². The lowest BCUT2D eigenvalue weighted by atomic mass is 10.1. The number of nitrogens with zero attached hydrogens (tertiary/aromatic N) is 2. The van der Waals surface area contributed by atoms with E-state index in [0.717, 1.165) is 6.42 Å². The molecule has 2 heterocycles. The normalized spacial score (nSPS) is 32.5. The van der Waals surface area contributed by atoms with Gasteiger partial charge in [-0.05, 0) is 29.9 Å². The molecule has 0 N–H and O–H groups in total. The van der Waals surface area contributed by atoms with Gasteiger partial charge in [0, 0.05) is 19.3 Å². The topological polar surface area (TPSA) is 50.3 Å². The summed E-state index contributed by atoms with van der Waals surface area (Å²) < 4.78 is 26.2. The molecule has 2 fully saturated rings. The summed E-state index contributed by atoms with van der Waals surface area (Å²) >= 11 is 5.65. The molecule has 92 valence electrons. The quantitative estimate of drug-likeness (QED) is 0.771. The minimum atomic E-state index is -3.38. The van der Waals surface area contributed by atoms with Gasteiger partial charge in [0.05, 0.1) is 0 Å². The Bertz CT molecular complexity index is 557. The van der Waals surface area contributed by atoms with Crippen LogP contribution in [0.3, 0.4) is 0 Å². The van der Waals surface area contributed by atoms with Crippen LogP contribution in [0.4, 0.5) is 0 Å². The molecule has 17 heavy (non-hydrogen) atoms. The predicted octanol–water partition coefficient (Wildman–Crippen LogP) is 1.77. The van der Waals surface area contributed by atoms with Crippen molar-refractivity contribution in [2.75, 3.05) is 13.1 Å². The number of aromatic nitrogens is 1. The Morgan fingerprint density at radius 2 is 2.29 bits per heavy atom. The van der Waals surface area contributed by atoms with E-state index in [1.54, 1.807) is 4.31 Å². The van der Waals surface area contributed by atoms with Crippen molar-refractivity contribution in [1.82, 2.24) is 9.29 Å². The fourth-order valence-corrected chi connectivity index (χ4v) is 4.22. The van der Waals surface area contributed by atoms with Gasteiger partial charge in [-0.1, -0.05) is 18.5 Å². The predicted molar refractivity (Wildman–Crippen MR) is 64.2 cm³/mol. The van der Waals surface area contributed by atoms with E-state index in [-0.39, 0.29) is 10.3 Å². The number of halogens is 1. The number of sulfonamides is 1. The Balaban J connectivity index is 1.89. The second-order valence-electron chi connectivity index (χ2n) is 5.17. The van der Waals surface area contributed by atoms with Crippen molar-refractivity contribution in [2.24, 2.45) is 11.3 Å². The van der Waals surface area contributed by atoms with Crippen molar-refractivity contribution in [2.45, 2.75) is 18.2 Å². The minimum absolute atomic E-state index is 0.215.